The van der Waals surface area contributed by atoms with Crippen molar-refractivity contribution in [1.29, 1.82) is 0 Å². The zero-order valence-corrected chi connectivity index (χ0v) is 18.8. The molecule has 0 aromatic heterocycles. The first-order valence-electron chi connectivity index (χ1n) is 8.26. The molecule has 1 fully saturated rings. The molecule has 0 N–H and O–H groups in total. The van der Waals surface area contributed by atoms with Crippen molar-refractivity contribution in [3.05, 3.63) is 62.1 Å². The van der Waals surface area contributed by atoms with E-state index in [-0.39, 0.29) is 12.5 Å². The highest BCUT2D eigenvalue weighted by Gasteiger charge is 2.32. The third kappa shape index (κ3) is 4.69. The lowest BCUT2D eigenvalue weighted by atomic mass is 10.1. The van der Waals surface area contributed by atoms with Crippen molar-refractivity contribution >= 4 is 62.9 Å². The summed E-state index contributed by atoms with van der Waals surface area (Å²) in [4.78, 5) is 15.0. The number of benzene rings is 2. The number of hydrogen-bond acceptors (Lipinski definition) is 5. The van der Waals surface area contributed by atoms with Gasteiger partial charge in [0.05, 0.1) is 22.1 Å². The summed E-state index contributed by atoms with van der Waals surface area (Å²) < 4.78 is 12.4. The van der Waals surface area contributed by atoms with Crippen molar-refractivity contribution in [2.45, 2.75) is 6.54 Å². The predicted octanol–water partition coefficient (Wildman–Crippen LogP) is 4.71. The van der Waals surface area contributed by atoms with Gasteiger partial charge in [-0.2, -0.15) is 0 Å². The molecule has 2 aromatic carbocycles. The van der Waals surface area contributed by atoms with Gasteiger partial charge in [-0.25, -0.2) is 0 Å². The highest BCUT2D eigenvalue weighted by atomic mass is 127. The number of nitrogens with zero attached hydrogens (tertiary/aromatic N) is 1. The van der Waals surface area contributed by atoms with Crippen LogP contribution in [0.4, 0.5) is 0 Å². The fourth-order valence-corrected chi connectivity index (χ4v) is 4.67. The quantitative estimate of drug-likeness (QED) is 0.238. The maximum Gasteiger partial charge on any atom is 0.266 e. The minimum absolute atomic E-state index is 0.0968. The molecule has 1 aliphatic heterocycles. The average Bonchev–Trinajstić information content (AvgIpc) is 2.95. The standard InChI is InChI=1S/C21H16INO3S2/c1-3-9-26-19-16(22)10-15(11-17(19)25-2)12-18-20(24)23(21(27)28-18)13-14-7-5-4-6-8-14/h1,4-8,10-12H,9,13H2,2H3/b18-12-. The lowest BCUT2D eigenvalue weighted by molar-refractivity contribution is -0.122. The van der Waals surface area contributed by atoms with E-state index in [0.717, 1.165) is 14.7 Å². The Morgan fingerprint density at radius 3 is 2.75 bits per heavy atom. The Hall–Kier alpha value is -2.02. The monoisotopic (exact) mass is 521 g/mol. The number of hydrogen-bond donors (Lipinski definition) is 0. The number of thioether (sulfide) groups is 1. The van der Waals surface area contributed by atoms with Crippen LogP contribution in [0.3, 0.4) is 0 Å². The molecule has 1 heterocycles. The third-order valence-corrected chi connectivity index (χ3v) is 6.09. The summed E-state index contributed by atoms with van der Waals surface area (Å²) >= 11 is 8.88. The van der Waals surface area contributed by atoms with E-state index in [4.69, 9.17) is 28.1 Å². The van der Waals surface area contributed by atoms with Crippen LogP contribution in [0.25, 0.3) is 6.08 Å². The zero-order chi connectivity index (χ0) is 20.1. The van der Waals surface area contributed by atoms with Crippen LogP contribution >= 0.6 is 46.6 Å². The molecule has 0 radical (unpaired) electrons. The maximum atomic E-state index is 12.8. The van der Waals surface area contributed by atoms with E-state index in [1.807, 2.05) is 48.5 Å². The van der Waals surface area contributed by atoms with Crippen molar-refractivity contribution in [2.24, 2.45) is 0 Å². The fourth-order valence-electron chi connectivity index (χ4n) is 2.63. The number of carbonyl (C=O) groups is 1. The summed E-state index contributed by atoms with van der Waals surface area (Å²) in [6.45, 7) is 0.617. The molecule has 1 saturated heterocycles. The first-order chi connectivity index (χ1) is 13.5. The molecule has 3 rings (SSSR count). The lowest BCUT2D eigenvalue weighted by Gasteiger charge is -2.14. The van der Waals surface area contributed by atoms with Gasteiger partial charge in [0.25, 0.3) is 5.91 Å². The molecule has 2 aromatic rings. The summed E-state index contributed by atoms with van der Waals surface area (Å²) in [5.41, 5.74) is 1.86. The van der Waals surface area contributed by atoms with Crippen LogP contribution < -0.4 is 9.47 Å². The van der Waals surface area contributed by atoms with E-state index in [1.54, 1.807) is 12.0 Å². The number of terminal acetylenes is 1. The summed E-state index contributed by atoms with van der Waals surface area (Å²) in [7, 11) is 1.57. The van der Waals surface area contributed by atoms with Crippen LogP contribution in [0.15, 0.2) is 47.4 Å². The number of carbonyl (C=O) groups excluding carboxylic acids is 1. The second-order valence-corrected chi connectivity index (χ2v) is 8.62. The Kier molecular flexibility index (Phi) is 6.99. The molecule has 4 nitrogen and oxygen atoms in total. The van der Waals surface area contributed by atoms with Gasteiger partial charge in [0.1, 0.15) is 10.9 Å². The van der Waals surface area contributed by atoms with E-state index in [0.29, 0.717) is 27.3 Å². The SMILES string of the molecule is C#CCOc1c(I)cc(/C=C2\SC(=S)N(Cc3ccccc3)C2=O)cc1OC. The smallest absolute Gasteiger partial charge is 0.266 e. The molecule has 1 aliphatic rings. The first kappa shape index (κ1) is 20.7. The first-order valence-corrected chi connectivity index (χ1v) is 10.6. The lowest BCUT2D eigenvalue weighted by Crippen LogP contribution is -2.27. The number of thiocarbonyl (C=S) groups is 1. The van der Waals surface area contributed by atoms with Crippen LogP contribution in [0.1, 0.15) is 11.1 Å². The largest absolute Gasteiger partial charge is 0.493 e. The van der Waals surface area contributed by atoms with Crippen molar-refractivity contribution in [3.8, 4) is 23.8 Å². The Morgan fingerprint density at radius 2 is 2.07 bits per heavy atom. The number of halogens is 1. The number of ether oxygens (including phenoxy) is 2. The van der Waals surface area contributed by atoms with Gasteiger partial charge < -0.3 is 9.47 Å². The van der Waals surface area contributed by atoms with Crippen LogP contribution in [0, 0.1) is 15.9 Å². The van der Waals surface area contributed by atoms with E-state index < -0.39 is 0 Å². The molecule has 1 amide bonds. The Bertz CT molecular complexity index is 983. The van der Waals surface area contributed by atoms with Crippen LogP contribution in [0.2, 0.25) is 0 Å². The molecule has 0 atom stereocenters. The summed E-state index contributed by atoms with van der Waals surface area (Å²) in [6.07, 6.45) is 7.09. The van der Waals surface area contributed by atoms with Crippen LogP contribution in [-0.2, 0) is 11.3 Å². The normalized spacial score (nSPS) is 15.0. The molecule has 142 valence electrons. The van der Waals surface area contributed by atoms with Gasteiger partial charge in [0.2, 0.25) is 0 Å². The summed E-state index contributed by atoms with van der Waals surface area (Å²) in [6, 6.07) is 13.5. The van der Waals surface area contributed by atoms with Gasteiger partial charge in [0.15, 0.2) is 11.5 Å². The highest BCUT2D eigenvalue weighted by molar-refractivity contribution is 14.1. The predicted molar refractivity (Wildman–Crippen MR) is 125 cm³/mol. The number of methoxy groups -OCH3 is 1. The van der Waals surface area contributed by atoms with Gasteiger partial charge in [-0.1, -0.05) is 60.2 Å². The van der Waals surface area contributed by atoms with E-state index in [2.05, 4.69) is 28.5 Å². The summed E-state index contributed by atoms with van der Waals surface area (Å²) in [5, 5.41) is 0. The maximum absolute atomic E-state index is 12.8. The zero-order valence-electron chi connectivity index (χ0n) is 15.0. The van der Waals surface area contributed by atoms with Gasteiger partial charge in [-0.3, -0.25) is 9.69 Å². The third-order valence-electron chi connectivity index (χ3n) is 3.91. The minimum atomic E-state index is -0.0968. The average molecular weight is 521 g/mol. The molecule has 0 saturated carbocycles. The molecular formula is C21H16INO3S2. The van der Waals surface area contributed by atoms with Crippen molar-refractivity contribution in [1.82, 2.24) is 4.90 Å². The number of amides is 1. The molecule has 0 bridgehead atoms. The van der Waals surface area contributed by atoms with E-state index in [1.165, 1.54) is 11.8 Å². The summed E-state index contributed by atoms with van der Waals surface area (Å²) in [5.74, 6) is 3.50. The van der Waals surface area contributed by atoms with Crippen LogP contribution in [0.5, 0.6) is 11.5 Å². The van der Waals surface area contributed by atoms with Gasteiger partial charge in [0, 0.05) is 0 Å². The molecule has 28 heavy (non-hydrogen) atoms. The van der Waals surface area contributed by atoms with E-state index >= 15 is 0 Å². The van der Waals surface area contributed by atoms with E-state index in [9.17, 15) is 4.79 Å². The topological polar surface area (TPSA) is 38.8 Å². The van der Waals surface area contributed by atoms with Gasteiger partial charge >= 0.3 is 0 Å². The Morgan fingerprint density at radius 1 is 1.32 bits per heavy atom. The highest BCUT2D eigenvalue weighted by Crippen LogP contribution is 2.37. The molecule has 7 heteroatoms. The van der Waals surface area contributed by atoms with Crippen molar-refractivity contribution in [2.75, 3.05) is 13.7 Å². The second-order valence-electron chi connectivity index (χ2n) is 5.78. The fraction of sp³-hybridized carbons (Fsp3) is 0.143. The Labute approximate surface area is 187 Å². The van der Waals surface area contributed by atoms with Crippen LogP contribution in [-0.4, -0.2) is 28.8 Å². The molecule has 0 aliphatic carbocycles. The van der Waals surface area contributed by atoms with Gasteiger partial charge in [-0.05, 0) is 51.9 Å². The number of rotatable bonds is 6. The second kappa shape index (κ2) is 9.45. The molecular weight excluding hydrogens is 505 g/mol. The molecule has 0 unspecified atom stereocenters. The molecule has 0 spiro atoms. The van der Waals surface area contributed by atoms with Crippen molar-refractivity contribution < 1.29 is 14.3 Å². The van der Waals surface area contributed by atoms with Gasteiger partial charge in [-0.15, -0.1) is 6.42 Å². The Balaban J connectivity index is 1.85. The van der Waals surface area contributed by atoms with Crippen molar-refractivity contribution in [3.63, 3.8) is 0 Å². The minimum Gasteiger partial charge on any atom is -0.493 e.